The Kier molecular flexibility index (Phi) is 6.06. The van der Waals surface area contributed by atoms with Crippen molar-refractivity contribution in [2.45, 2.75) is 19.1 Å². The predicted molar refractivity (Wildman–Crippen MR) is 121 cm³/mol. The maximum absolute atomic E-state index is 13.9. The lowest BCUT2D eigenvalue weighted by molar-refractivity contribution is 0.192. The summed E-state index contributed by atoms with van der Waals surface area (Å²) in [5.74, 6) is -0.162. The van der Waals surface area contributed by atoms with E-state index in [0.717, 1.165) is 5.56 Å². The van der Waals surface area contributed by atoms with Crippen molar-refractivity contribution in [3.05, 3.63) is 58.2 Å². The van der Waals surface area contributed by atoms with Gasteiger partial charge in [-0.2, -0.15) is 9.40 Å². The van der Waals surface area contributed by atoms with E-state index >= 15 is 0 Å². The average molecular weight is 500 g/mol. The molecule has 3 aromatic rings. The third kappa shape index (κ3) is 4.40. The van der Waals surface area contributed by atoms with Gasteiger partial charge in [-0.25, -0.2) is 17.8 Å². The van der Waals surface area contributed by atoms with E-state index in [1.165, 1.54) is 22.7 Å². The molecule has 1 atom stereocenters. The van der Waals surface area contributed by atoms with E-state index in [1.54, 1.807) is 30.1 Å². The second kappa shape index (κ2) is 8.51. The molecule has 2 aromatic heterocycles. The zero-order valence-corrected chi connectivity index (χ0v) is 19.5. The van der Waals surface area contributed by atoms with Gasteiger partial charge >= 0.3 is 0 Å². The van der Waals surface area contributed by atoms with Gasteiger partial charge in [-0.05, 0) is 25.1 Å². The Morgan fingerprint density at radius 3 is 2.66 bits per heavy atom. The van der Waals surface area contributed by atoms with Crippen LogP contribution in [0.5, 0.6) is 5.75 Å². The smallest absolute Gasteiger partial charge is 0.211 e. The number of anilines is 1. The first kappa shape index (κ1) is 22.8. The molecule has 0 saturated carbocycles. The number of nitrogen functional groups attached to an aromatic ring is 1. The molecule has 2 N–H and O–H groups in total. The molecule has 1 fully saturated rings. The molecule has 0 aliphatic carbocycles. The molecular formula is C20H20Cl2FN5O3S. The number of hydrogen-bond acceptors (Lipinski definition) is 6. The number of aromatic nitrogens is 3. The van der Waals surface area contributed by atoms with E-state index in [4.69, 9.17) is 33.7 Å². The molecule has 0 bridgehead atoms. The highest BCUT2D eigenvalue weighted by Crippen LogP contribution is 2.37. The summed E-state index contributed by atoms with van der Waals surface area (Å²) in [4.78, 5) is 4.19. The van der Waals surface area contributed by atoms with Crippen molar-refractivity contribution >= 4 is 39.0 Å². The molecule has 0 amide bonds. The van der Waals surface area contributed by atoms with Gasteiger partial charge in [0.25, 0.3) is 0 Å². The highest BCUT2D eigenvalue weighted by molar-refractivity contribution is 7.88. The van der Waals surface area contributed by atoms with Crippen LogP contribution in [0.25, 0.3) is 11.1 Å². The molecule has 1 aliphatic rings. The van der Waals surface area contributed by atoms with E-state index in [-0.39, 0.29) is 27.7 Å². The van der Waals surface area contributed by atoms with Crippen molar-refractivity contribution < 1.29 is 17.5 Å². The molecule has 3 heterocycles. The summed E-state index contributed by atoms with van der Waals surface area (Å²) in [6.45, 7) is 2.43. The van der Waals surface area contributed by atoms with E-state index in [9.17, 15) is 12.8 Å². The molecule has 4 rings (SSSR count). The van der Waals surface area contributed by atoms with Gasteiger partial charge in [-0.1, -0.05) is 23.2 Å². The molecule has 1 aliphatic heterocycles. The molecule has 32 heavy (non-hydrogen) atoms. The quantitative estimate of drug-likeness (QED) is 0.515. The number of nitrogens with two attached hydrogens (primary N) is 1. The first-order valence-corrected chi connectivity index (χ1v) is 12.2. The minimum atomic E-state index is -3.20. The van der Waals surface area contributed by atoms with E-state index in [2.05, 4.69) is 10.1 Å². The summed E-state index contributed by atoms with van der Waals surface area (Å²) in [6, 6.07) is 4.26. The third-order valence-corrected chi connectivity index (χ3v) is 7.23. The van der Waals surface area contributed by atoms with E-state index in [0.29, 0.717) is 24.2 Å². The second-order valence-electron chi connectivity index (χ2n) is 7.57. The van der Waals surface area contributed by atoms with Crippen molar-refractivity contribution in [2.24, 2.45) is 0 Å². The van der Waals surface area contributed by atoms with Gasteiger partial charge in [0.15, 0.2) is 11.6 Å². The number of nitrogens with zero attached hydrogens (tertiary/aromatic N) is 4. The topological polar surface area (TPSA) is 103 Å². The van der Waals surface area contributed by atoms with Crippen molar-refractivity contribution in [1.82, 2.24) is 19.1 Å². The Balaban J connectivity index is 1.54. The highest BCUT2D eigenvalue weighted by atomic mass is 35.5. The Morgan fingerprint density at radius 1 is 1.25 bits per heavy atom. The van der Waals surface area contributed by atoms with Crippen LogP contribution in [0.3, 0.4) is 0 Å². The summed E-state index contributed by atoms with van der Waals surface area (Å²) in [7, 11) is -3.20. The highest BCUT2D eigenvalue weighted by Gasteiger charge is 2.34. The average Bonchev–Trinajstić information content (AvgIpc) is 3.14. The normalized spacial score (nSPS) is 16.0. The molecule has 8 nitrogen and oxygen atoms in total. The first-order valence-electron chi connectivity index (χ1n) is 9.60. The van der Waals surface area contributed by atoms with Crippen molar-refractivity contribution in [3.63, 3.8) is 0 Å². The fraction of sp³-hybridized carbons (Fsp3) is 0.300. The van der Waals surface area contributed by atoms with Crippen LogP contribution in [0, 0.1) is 5.82 Å². The fourth-order valence-electron chi connectivity index (χ4n) is 3.41. The van der Waals surface area contributed by atoms with Crippen LogP contribution in [0.4, 0.5) is 10.2 Å². The molecule has 12 heteroatoms. The van der Waals surface area contributed by atoms with Crippen LogP contribution in [0.2, 0.25) is 10.0 Å². The molecule has 1 aromatic carbocycles. The molecule has 170 valence electrons. The number of rotatable bonds is 6. The van der Waals surface area contributed by atoms with E-state index in [1.807, 2.05) is 6.20 Å². The molecule has 0 spiro atoms. The summed E-state index contributed by atoms with van der Waals surface area (Å²) >= 11 is 12.3. The summed E-state index contributed by atoms with van der Waals surface area (Å²) in [6.07, 6.45) is 5.55. The van der Waals surface area contributed by atoms with Gasteiger partial charge in [0, 0.05) is 47.2 Å². The van der Waals surface area contributed by atoms with Gasteiger partial charge < -0.3 is 10.5 Å². The molecular weight excluding hydrogens is 480 g/mol. The van der Waals surface area contributed by atoms with E-state index < -0.39 is 21.9 Å². The zero-order valence-electron chi connectivity index (χ0n) is 17.2. The van der Waals surface area contributed by atoms with Crippen molar-refractivity contribution in [1.29, 1.82) is 0 Å². The van der Waals surface area contributed by atoms with Gasteiger partial charge in [-0.3, -0.25) is 4.68 Å². The van der Waals surface area contributed by atoms with Crippen LogP contribution in [0.1, 0.15) is 24.6 Å². The van der Waals surface area contributed by atoms with Gasteiger partial charge in [0.05, 0.1) is 23.5 Å². The second-order valence-corrected chi connectivity index (χ2v) is 10.3. The Labute approximate surface area is 194 Å². The fourth-order valence-corrected chi connectivity index (χ4v) is 4.98. The van der Waals surface area contributed by atoms with Gasteiger partial charge in [-0.15, -0.1) is 0 Å². The number of ether oxygens (including phenoxy) is 1. The Hall–Kier alpha value is -2.40. The summed E-state index contributed by atoms with van der Waals surface area (Å²) < 4.78 is 46.0. The maximum atomic E-state index is 13.9. The molecule has 1 unspecified atom stereocenters. The number of halogens is 3. The van der Waals surface area contributed by atoms with Crippen molar-refractivity contribution in [3.8, 4) is 16.9 Å². The minimum absolute atomic E-state index is 0.0341. The Morgan fingerprint density at radius 2 is 1.97 bits per heavy atom. The first-order chi connectivity index (χ1) is 15.0. The SMILES string of the molecule is CC(Oc1cc(-c2cnn(C3CN(S(C)(=O)=O)C3)c2)cnc1N)c1c(Cl)ccc(F)c1Cl. The van der Waals surface area contributed by atoms with Gasteiger partial charge in [0.2, 0.25) is 10.0 Å². The largest absolute Gasteiger partial charge is 0.482 e. The lowest BCUT2D eigenvalue weighted by atomic mass is 10.1. The van der Waals surface area contributed by atoms with Crippen LogP contribution < -0.4 is 10.5 Å². The maximum Gasteiger partial charge on any atom is 0.211 e. The summed E-state index contributed by atoms with van der Waals surface area (Å²) in [5.41, 5.74) is 7.75. The monoisotopic (exact) mass is 499 g/mol. The van der Waals surface area contributed by atoms with Crippen LogP contribution in [0.15, 0.2) is 36.8 Å². The van der Waals surface area contributed by atoms with Crippen LogP contribution in [-0.4, -0.2) is 46.8 Å². The number of sulfonamides is 1. The lowest BCUT2D eigenvalue weighted by Crippen LogP contribution is -2.50. The van der Waals surface area contributed by atoms with Crippen LogP contribution in [-0.2, 0) is 10.0 Å². The van der Waals surface area contributed by atoms with Crippen LogP contribution >= 0.6 is 23.2 Å². The third-order valence-electron chi connectivity index (χ3n) is 5.28. The molecule has 0 radical (unpaired) electrons. The predicted octanol–water partition coefficient (Wildman–Crippen LogP) is 3.93. The number of pyridine rings is 1. The standard InChI is InChI=1S/C20H20Cl2FN5O3S/c1-11(18-15(21)3-4-16(23)19(18)22)31-17-5-12(6-25-20(17)24)13-7-26-28(8-13)14-9-27(10-14)32(2,29)30/h3-8,11,14H,9-10H2,1-2H3,(H2,24,25). The Bertz CT molecular complexity index is 1280. The minimum Gasteiger partial charge on any atom is -0.482 e. The number of hydrogen-bond donors (Lipinski definition) is 1. The van der Waals surface area contributed by atoms with Gasteiger partial charge in [0.1, 0.15) is 11.9 Å². The number of benzene rings is 1. The molecule has 1 saturated heterocycles. The zero-order chi connectivity index (χ0) is 23.2. The lowest BCUT2D eigenvalue weighted by Gasteiger charge is -2.37. The summed E-state index contributed by atoms with van der Waals surface area (Å²) in [5, 5.41) is 4.50. The van der Waals surface area contributed by atoms with Crippen molar-refractivity contribution in [2.75, 3.05) is 25.1 Å².